The third-order valence-corrected chi connectivity index (χ3v) is 5.18. The first-order valence-electron chi connectivity index (χ1n) is 8.58. The number of piperidine rings is 1. The Morgan fingerprint density at radius 1 is 1.08 bits per heavy atom. The van der Waals surface area contributed by atoms with Crippen molar-refractivity contribution in [3.05, 3.63) is 29.8 Å². The van der Waals surface area contributed by atoms with Gasteiger partial charge in [-0.2, -0.15) is 0 Å². The average Bonchev–Trinajstić information content (AvgIpc) is 3.11. The minimum absolute atomic E-state index is 0.0592. The highest BCUT2D eigenvalue weighted by atomic mass is 16.5. The van der Waals surface area contributed by atoms with E-state index in [9.17, 15) is 9.59 Å². The molecule has 0 aliphatic carbocycles. The van der Waals surface area contributed by atoms with Crippen LogP contribution in [0, 0.1) is 0 Å². The Labute approximate surface area is 142 Å². The highest BCUT2D eigenvalue weighted by molar-refractivity contribution is 5.94. The van der Waals surface area contributed by atoms with Crippen LogP contribution in [0.1, 0.15) is 36.0 Å². The summed E-state index contributed by atoms with van der Waals surface area (Å²) >= 11 is 0. The molecule has 2 aliphatic heterocycles. The van der Waals surface area contributed by atoms with Crippen molar-refractivity contribution >= 4 is 11.8 Å². The smallest absolute Gasteiger partial charge is 0.253 e. The van der Waals surface area contributed by atoms with Gasteiger partial charge >= 0.3 is 0 Å². The molecule has 0 aromatic heterocycles. The number of amides is 2. The van der Waals surface area contributed by atoms with E-state index in [1.54, 1.807) is 19.2 Å². The molecule has 2 heterocycles. The maximum absolute atomic E-state index is 12.6. The molecule has 1 unspecified atom stereocenters. The summed E-state index contributed by atoms with van der Waals surface area (Å²) in [7, 11) is 1.61. The molecule has 0 saturated carbocycles. The third kappa shape index (κ3) is 3.38. The van der Waals surface area contributed by atoms with Gasteiger partial charge in [0.2, 0.25) is 5.91 Å². The van der Waals surface area contributed by atoms with Crippen LogP contribution < -0.4 is 10.5 Å². The van der Waals surface area contributed by atoms with Crippen LogP contribution in [0.3, 0.4) is 0 Å². The molecular formula is C18H25N3O3. The van der Waals surface area contributed by atoms with E-state index in [0.29, 0.717) is 11.6 Å². The van der Waals surface area contributed by atoms with Crippen molar-refractivity contribution in [2.24, 2.45) is 5.73 Å². The van der Waals surface area contributed by atoms with Crippen LogP contribution in [0.25, 0.3) is 0 Å². The number of hydrogen-bond acceptors (Lipinski definition) is 4. The summed E-state index contributed by atoms with van der Waals surface area (Å²) < 4.78 is 5.13. The number of primary amides is 1. The molecule has 6 nitrogen and oxygen atoms in total. The van der Waals surface area contributed by atoms with Gasteiger partial charge in [-0.05, 0) is 56.5 Å². The van der Waals surface area contributed by atoms with E-state index in [2.05, 4.69) is 4.90 Å². The fraction of sp³-hybridized carbons (Fsp3) is 0.556. The first kappa shape index (κ1) is 16.8. The number of ether oxygens (including phenoxy) is 1. The van der Waals surface area contributed by atoms with Gasteiger partial charge < -0.3 is 15.4 Å². The summed E-state index contributed by atoms with van der Waals surface area (Å²) in [5.74, 6) is 0.588. The van der Waals surface area contributed by atoms with Gasteiger partial charge in [-0.25, -0.2) is 0 Å². The van der Waals surface area contributed by atoms with Crippen molar-refractivity contribution < 1.29 is 14.3 Å². The van der Waals surface area contributed by atoms with Gasteiger partial charge in [-0.1, -0.05) is 0 Å². The molecule has 130 valence electrons. The molecule has 2 fully saturated rings. The standard InChI is InChI=1S/C18H25N3O3/c1-24-15-6-4-13(5-7-15)18(23)20-11-8-14(9-12-20)21-10-2-3-16(21)17(19)22/h4-7,14,16H,2-3,8-12H2,1H3,(H2,19,22). The monoisotopic (exact) mass is 331 g/mol. The number of nitrogens with two attached hydrogens (primary N) is 1. The second kappa shape index (κ2) is 7.21. The molecule has 2 saturated heterocycles. The largest absolute Gasteiger partial charge is 0.497 e. The maximum Gasteiger partial charge on any atom is 0.253 e. The summed E-state index contributed by atoms with van der Waals surface area (Å²) in [5, 5.41) is 0. The Morgan fingerprint density at radius 3 is 2.33 bits per heavy atom. The molecule has 1 aromatic carbocycles. The third-order valence-electron chi connectivity index (χ3n) is 5.18. The quantitative estimate of drug-likeness (QED) is 0.901. The van der Waals surface area contributed by atoms with E-state index in [-0.39, 0.29) is 17.9 Å². The van der Waals surface area contributed by atoms with Gasteiger partial charge in [-0.3, -0.25) is 14.5 Å². The van der Waals surface area contributed by atoms with Crippen LogP contribution in [-0.2, 0) is 4.79 Å². The van der Waals surface area contributed by atoms with Crippen LogP contribution in [-0.4, -0.2) is 60.4 Å². The van der Waals surface area contributed by atoms with Crippen molar-refractivity contribution in [1.29, 1.82) is 0 Å². The first-order chi connectivity index (χ1) is 11.6. The van der Waals surface area contributed by atoms with Crippen molar-refractivity contribution in [3.8, 4) is 5.75 Å². The first-order valence-corrected chi connectivity index (χ1v) is 8.58. The molecule has 3 rings (SSSR count). The Morgan fingerprint density at radius 2 is 1.75 bits per heavy atom. The average molecular weight is 331 g/mol. The minimum atomic E-state index is -0.218. The fourth-order valence-corrected chi connectivity index (χ4v) is 3.85. The summed E-state index contributed by atoms with van der Waals surface area (Å²) in [5.41, 5.74) is 6.20. The predicted molar refractivity (Wildman–Crippen MR) is 90.8 cm³/mol. The van der Waals surface area contributed by atoms with E-state index in [1.165, 1.54) is 0 Å². The van der Waals surface area contributed by atoms with Gasteiger partial charge in [0.15, 0.2) is 0 Å². The predicted octanol–water partition coefficient (Wildman–Crippen LogP) is 1.25. The van der Waals surface area contributed by atoms with Crippen LogP contribution in [0.4, 0.5) is 0 Å². The van der Waals surface area contributed by atoms with E-state index < -0.39 is 0 Å². The van der Waals surface area contributed by atoms with Gasteiger partial charge in [0.05, 0.1) is 13.2 Å². The molecular weight excluding hydrogens is 306 g/mol. The fourth-order valence-electron chi connectivity index (χ4n) is 3.85. The number of carbonyl (C=O) groups is 2. The number of benzene rings is 1. The Kier molecular flexibility index (Phi) is 5.04. The summed E-state index contributed by atoms with van der Waals surface area (Å²) in [6.07, 6.45) is 3.68. The normalized spacial score (nSPS) is 22.5. The lowest BCUT2D eigenvalue weighted by Gasteiger charge is -2.38. The lowest BCUT2D eigenvalue weighted by Crippen LogP contribution is -2.51. The van der Waals surface area contributed by atoms with E-state index in [4.69, 9.17) is 10.5 Å². The highest BCUT2D eigenvalue weighted by Gasteiger charge is 2.36. The van der Waals surface area contributed by atoms with E-state index in [1.807, 2.05) is 17.0 Å². The highest BCUT2D eigenvalue weighted by Crippen LogP contribution is 2.26. The summed E-state index contributed by atoms with van der Waals surface area (Å²) in [6.45, 7) is 2.37. The number of carbonyl (C=O) groups excluding carboxylic acids is 2. The van der Waals surface area contributed by atoms with Gasteiger partial charge in [0.1, 0.15) is 5.75 Å². The van der Waals surface area contributed by atoms with Gasteiger partial charge in [0, 0.05) is 24.7 Å². The zero-order valence-electron chi connectivity index (χ0n) is 14.1. The molecule has 24 heavy (non-hydrogen) atoms. The minimum Gasteiger partial charge on any atom is -0.497 e. The Balaban J connectivity index is 1.58. The lowest BCUT2D eigenvalue weighted by atomic mass is 10.0. The molecule has 1 atom stereocenters. The number of likely N-dealkylation sites (tertiary alicyclic amines) is 2. The van der Waals surface area contributed by atoms with Crippen LogP contribution in [0.15, 0.2) is 24.3 Å². The lowest BCUT2D eigenvalue weighted by molar-refractivity contribution is -0.123. The molecule has 2 N–H and O–H groups in total. The SMILES string of the molecule is COc1ccc(C(=O)N2CCC(N3CCCC3C(N)=O)CC2)cc1. The van der Waals surface area contributed by atoms with Crippen LogP contribution in [0.2, 0.25) is 0 Å². The molecule has 1 aromatic rings. The van der Waals surface area contributed by atoms with Crippen molar-refractivity contribution in [3.63, 3.8) is 0 Å². The maximum atomic E-state index is 12.6. The second-order valence-electron chi connectivity index (χ2n) is 6.55. The summed E-state index contributed by atoms with van der Waals surface area (Å²) in [6, 6.07) is 7.44. The van der Waals surface area contributed by atoms with E-state index >= 15 is 0 Å². The summed E-state index contributed by atoms with van der Waals surface area (Å²) in [4.78, 5) is 28.3. The van der Waals surface area contributed by atoms with Crippen LogP contribution in [0.5, 0.6) is 5.75 Å². The van der Waals surface area contributed by atoms with E-state index in [0.717, 1.165) is 51.1 Å². The van der Waals surface area contributed by atoms with Crippen LogP contribution >= 0.6 is 0 Å². The van der Waals surface area contributed by atoms with Crippen molar-refractivity contribution in [2.75, 3.05) is 26.7 Å². The topological polar surface area (TPSA) is 75.9 Å². The second-order valence-corrected chi connectivity index (χ2v) is 6.55. The number of rotatable bonds is 4. The van der Waals surface area contributed by atoms with Gasteiger partial charge in [0.25, 0.3) is 5.91 Å². The number of nitrogens with zero attached hydrogens (tertiary/aromatic N) is 2. The van der Waals surface area contributed by atoms with Crippen molar-refractivity contribution in [1.82, 2.24) is 9.80 Å². The molecule has 0 spiro atoms. The molecule has 6 heteroatoms. The van der Waals surface area contributed by atoms with Crippen molar-refractivity contribution in [2.45, 2.75) is 37.8 Å². The molecule has 2 amide bonds. The van der Waals surface area contributed by atoms with Gasteiger partial charge in [-0.15, -0.1) is 0 Å². The Bertz CT molecular complexity index is 594. The zero-order valence-corrected chi connectivity index (χ0v) is 14.1. The number of methoxy groups -OCH3 is 1. The molecule has 0 bridgehead atoms. The molecule has 0 radical (unpaired) electrons. The Hall–Kier alpha value is -2.08. The number of hydrogen-bond donors (Lipinski definition) is 1. The molecule has 2 aliphatic rings. The zero-order chi connectivity index (χ0) is 17.1.